The van der Waals surface area contributed by atoms with Crippen molar-refractivity contribution < 1.29 is 5.11 Å². The first-order chi connectivity index (χ1) is 7.38. The number of likely N-dealkylation sites (tertiary alicyclic amines) is 1. The molecule has 1 atom stereocenters. The van der Waals surface area contributed by atoms with Crippen molar-refractivity contribution in [3.05, 3.63) is 0 Å². The fourth-order valence-electron chi connectivity index (χ4n) is 3.20. The topological polar surface area (TPSA) is 23.5 Å². The van der Waals surface area contributed by atoms with Crippen LogP contribution < -0.4 is 0 Å². The van der Waals surface area contributed by atoms with Crippen LogP contribution >= 0.6 is 0 Å². The monoisotopic (exact) mass is 211 g/mol. The Kier molecular flexibility index (Phi) is 4.45. The van der Waals surface area contributed by atoms with Gasteiger partial charge in [-0.15, -0.1) is 0 Å². The summed E-state index contributed by atoms with van der Waals surface area (Å²) in [6, 6.07) is 0. The van der Waals surface area contributed by atoms with E-state index in [1.165, 1.54) is 58.0 Å². The molecule has 88 valence electrons. The van der Waals surface area contributed by atoms with E-state index in [9.17, 15) is 5.11 Å². The fourth-order valence-corrected chi connectivity index (χ4v) is 3.20. The van der Waals surface area contributed by atoms with Gasteiger partial charge in [0.05, 0.1) is 0 Å². The van der Waals surface area contributed by atoms with Crippen LogP contribution in [0.5, 0.6) is 0 Å². The lowest BCUT2D eigenvalue weighted by Gasteiger charge is -2.35. The van der Waals surface area contributed by atoms with Crippen LogP contribution in [0.15, 0.2) is 0 Å². The number of aliphatic hydroxyl groups excluding tert-OH is 1. The van der Waals surface area contributed by atoms with E-state index in [4.69, 9.17) is 0 Å². The number of rotatable bonds is 3. The normalized spacial score (nSPS) is 30.6. The summed E-state index contributed by atoms with van der Waals surface area (Å²) in [5.74, 6) is 1.51. The summed E-state index contributed by atoms with van der Waals surface area (Å²) in [7, 11) is 0. The number of nitrogens with zero attached hydrogens (tertiary/aromatic N) is 1. The summed E-state index contributed by atoms with van der Waals surface area (Å²) < 4.78 is 0. The van der Waals surface area contributed by atoms with E-state index < -0.39 is 0 Å². The lowest BCUT2D eigenvalue weighted by molar-refractivity contribution is 0.101. The van der Waals surface area contributed by atoms with Crippen LogP contribution in [-0.4, -0.2) is 36.2 Å². The predicted octanol–water partition coefficient (Wildman–Crippen LogP) is 2.27. The molecular formula is C13H25NO. The van der Waals surface area contributed by atoms with Crippen LogP contribution in [0.4, 0.5) is 0 Å². The SMILES string of the molecule is OC[C@H]1CCCN(CC2CCCCC2)C1. The Morgan fingerprint density at radius 1 is 0.933 bits per heavy atom. The molecule has 0 unspecified atom stereocenters. The molecule has 2 aliphatic rings. The van der Waals surface area contributed by atoms with Crippen molar-refractivity contribution in [1.82, 2.24) is 4.90 Å². The molecule has 1 saturated carbocycles. The Balaban J connectivity index is 1.72. The van der Waals surface area contributed by atoms with Crippen LogP contribution in [-0.2, 0) is 0 Å². The Morgan fingerprint density at radius 2 is 1.67 bits per heavy atom. The zero-order valence-corrected chi connectivity index (χ0v) is 9.83. The summed E-state index contributed by atoms with van der Waals surface area (Å²) in [5.41, 5.74) is 0. The van der Waals surface area contributed by atoms with E-state index in [0.29, 0.717) is 12.5 Å². The molecule has 1 aliphatic carbocycles. The Labute approximate surface area is 93.7 Å². The Bertz CT molecular complexity index is 177. The van der Waals surface area contributed by atoms with Gasteiger partial charge in [-0.2, -0.15) is 0 Å². The number of aliphatic hydroxyl groups is 1. The third-order valence-corrected chi connectivity index (χ3v) is 4.10. The van der Waals surface area contributed by atoms with Crippen LogP contribution in [0.1, 0.15) is 44.9 Å². The van der Waals surface area contributed by atoms with Crippen molar-refractivity contribution in [2.45, 2.75) is 44.9 Å². The minimum atomic E-state index is 0.390. The van der Waals surface area contributed by atoms with Crippen LogP contribution in [0.25, 0.3) is 0 Å². The van der Waals surface area contributed by atoms with Crippen molar-refractivity contribution in [1.29, 1.82) is 0 Å². The second-order valence-electron chi connectivity index (χ2n) is 5.45. The maximum atomic E-state index is 9.19. The molecule has 2 nitrogen and oxygen atoms in total. The van der Waals surface area contributed by atoms with Gasteiger partial charge in [0.1, 0.15) is 0 Å². The third-order valence-electron chi connectivity index (χ3n) is 4.10. The first-order valence-corrected chi connectivity index (χ1v) is 6.71. The lowest BCUT2D eigenvalue weighted by atomic mass is 9.88. The predicted molar refractivity (Wildman–Crippen MR) is 62.8 cm³/mol. The molecule has 0 radical (unpaired) electrons. The average molecular weight is 211 g/mol. The highest BCUT2D eigenvalue weighted by molar-refractivity contribution is 4.76. The van der Waals surface area contributed by atoms with E-state index in [1.807, 2.05) is 0 Å². The molecule has 1 N–H and O–H groups in total. The first-order valence-electron chi connectivity index (χ1n) is 6.71. The van der Waals surface area contributed by atoms with Crippen LogP contribution in [0.2, 0.25) is 0 Å². The Morgan fingerprint density at radius 3 is 2.40 bits per heavy atom. The molecule has 2 rings (SSSR count). The van der Waals surface area contributed by atoms with Gasteiger partial charge in [0.15, 0.2) is 0 Å². The fraction of sp³-hybridized carbons (Fsp3) is 1.00. The van der Waals surface area contributed by atoms with Crippen molar-refractivity contribution >= 4 is 0 Å². The third kappa shape index (κ3) is 3.46. The van der Waals surface area contributed by atoms with E-state index >= 15 is 0 Å². The van der Waals surface area contributed by atoms with Crippen LogP contribution in [0, 0.1) is 11.8 Å². The first kappa shape index (κ1) is 11.4. The molecule has 0 amide bonds. The highest BCUT2D eigenvalue weighted by Gasteiger charge is 2.22. The van der Waals surface area contributed by atoms with Gasteiger partial charge in [0, 0.05) is 19.7 Å². The smallest absolute Gasteiger partial charge is 0.0471 e. The zero-order valence-electron chi connectivity index (χ0n) is 9.83. The van der Waals surface area contributed by atoms with E-state index in [0.717, 1.165) is 12.5 Å². The van der Waals surface area contributed by atoms with Crippen molar-refractivity contribution in [3.8, 4) is 0 Å². The van der Waals surface area contributed by atoms with Crippen molar-refractivity contribution in [3.63, 3.8) is 0 Å². The minimum absolute atomic E-state index is 0.390. The van der Waals surface area contributed by atoms with Crippen molar-refractivity contribution in [2.75, 3.05) is 26.2 Å². The summed E-state index contributed by atoms with van der Waals surface area (Å²) in [4.78, 5) is 2.60. The van der Waals surface area contributed by atoms with Gasteiger partial charge in [0.25, 0.3) is 0 Å². The lowest BCUT2D eigenvalue weighted by Crippen LogP contribution is -2.40. The van der Waals surface area contributed by atoms with Gasteiger partial charge in [0.2, 0.25) is 0 Å². The molecule has 0 aromatic carbocycles. The summed E-state index contributed by atoms with van der Waals surface area (Å²) in [6.45, 7) is 4.11. The largest absolute Gasteiger partial charge is 0.396 e. The molecule has 15 heavy (non-hydrogen) atoms. The van der Waals surface area contributed by atoms with Crippen molar-refractivity contribution in [2.24, 2.45) is 11.8 Å². The molecule has 0 aromatic heterocycles. The quantitative estimate of drug-likeness (QED) is 0.774. The highest BCUT2D eigenvalue weighted by Crippen LogP contribution is 2.26. The van der Waals surface area contributed by atoms with Crippen LogP contribution in [0.3, 0.4) is 0 Å². The Hall–Kier alpha value is -0.0800. The van der Waals surface area contributed by atoms with Gasteiger partial charge >= 0.3 is 0 Å². The summed E-state index contributed by atoms with van der Waals surface area (Å²) in [5, 5.41) is 9.19. The van der Waals surface area contributed by atoms with Gasteiger partial charge < -0.3 is 10.0 Å². The molecule has 0 spiro atoms. The van der Waals surface area contributed by atoms with Gasteiger partial charge in [-0.1, -0.05) is 19.3 Å². The van der Waals surface area contributed by atoms with E-state index in [2.05, 4.69) is 4.90 Å². The summed E-state index contributed by atoms with van der Waals surface area (Å²) >= 11 is 0. The molecule has 2 fully saturated rings. The highest BCUT2D eigenvalue weighted by atomic mass is 16.3. The maximum Gasteiger partial charge on any atom is 0.0471 e. The molecule has 1 saturated heterocycles. The van der Waals surface area contributed by atoms with Gasteiger partial charge in [-0.25, -0.2) is 0 Å². The molecule has 1 aliphatic heterocycles. The second-order valence-corrected chi connectivity index (χ2v) is 5.45. The average Bonchev–Trinajstić information content (AvgIpc) is 2.31. The number of piperidine rings is 1. The molecule has 0 aromatic rings. The minimum Gasteiger partial charge on any atom is -0.396 e. The van der Waals surface area contributed by atoms with E-state index in [1.54, 1.807) is 0 Å². The molecule has 1 heterocycles. The summed E-state index contributed by atoms with van der Waals surface area (Å²) in [6.07, 6.45) is 9.76. The molecule has 0 bridgehead atoms. The van der Waals surface area contributed by atoms with E-state index in [-0.39, 0.29) is 0 Å². The maximum absolute atomic E-state index is 9.19. The van der Waals surface area contributed by atoms with Gasteiger partial charge in [-0.3, -0.25) is 0 Å². The van der Waals surface area contributed by atoms with Gasteiger partial charge in [-0.05, 0) is 44.1 Å². The zero-order chi connectivity index (χ0) is 10.5. The molecule has 2 heteroatoms. The number of hydrogen-bond acceptors (Lipinski definition) is 2. The standard InChI is InChI=1S/C13H25NO/c15-11-13-7-4-8-14(10-13)9-12-5-2-1-3-6-12/h12-13,15H,1-11H2/t13-/m0/s1. The second kappa shape index (κ2) is 5.86. The molecular weight excluding hydrogens is 186 g/mol. The number of hydrogen-bond donors (Lipinski definition) is 1.